The quantitative estimate of drug-likeness (QED) is 0.818. The minimum absolute atomic E-state index is 0.00263. The molecule has 1 saturated heterocycles. The van der Waals surface area contributed by atoms with E-state index >= 15 is 0 Å². The van der Waals surface area contributed by atoms with Gasteiger partial charge in [-0.2, -0.15) is 0 Å². The Labute approximate surface area is 131 Å². The van der Waals surface area contributed by atoms with Gasteiger partial charge >= 0.3 is 0 Å². The van der Waals surface area contributed by atoms with Gasteiger partial charge in [-0.05, 0) is 31.4 Å². The van der Waals surface area contributed by atoms with E-state index in [9.17, 15) is 9.59 Å². The number of benzene rings is 1. The average molecular weight is 304 g/mol. The van der Waals surface area contributed by atoms with Gasteiger partial charge in [0.2, 0.25) is 11.8 Å². The van der Waals surface area contributed by atoms with Gasteiger partial charge < -0.3 is 15.0 Å². The first-order valence-electron chi connectivity index (χ1n) is 7.88. The fourth-order valence-corrected chi connectivity index (χ4v) is 2.65. The summed E-state index contributed by atoms with van der Waals surface area (Å²) in [5, 5.41) is 2.91. The van der Waals surface area contributed by atoms with E-state index in [1.807, 2.05) is 35.2 Å². The van der Waals surface area contributed by atoms with Crippen molar-refractivity contribution in [2.45, 2.75) is 38.6 Å². The molecule has 1 heterocycles. The summed E-state index contributed by atoms with van der Waals surface area (Å²) in [7, 11) is 0. The number of piperidine rings is 1. The van der Waals surface area contributed by atoms with E-state index < -0.39 is 0 Å². The number of carbonyl (C=O) groups excluding carboxylic acids is 2. The monoisotopic (exact) mass is 304 g/mol. The lowest BCUT2D eigenvalue weighted by Crippen LogP contribution is -2.46. The van der Waals surface area contributed by atoms with Gasteiger partial charge in [0.25, 0.3) is 0 Å². The highest BCUT2D eigenvalue weighted by molar-refractivity contribution is 5.76. The van der Waals surface area contributed by atoms with E-state index in [4.69, 9.17) is 4.74 Å². The second-order valence-electron chi connectivity index (χ2n) is 5.62. The molecule has 1 N–H and O–H groups in total. The van der Waals surface area contributed by atoms with E-state index in [0.29, 0.717) is 13.0 Å². The average Bonchev–Trinajstić information content (AvgIpc) is 2.52. The normalized spacial score (nSPS) is 15.4. The highest BCUT2D eigenvalue weighted by Crippen LogP contribution is 2.13. The number of hydrogen-bond acceptors (Lipinski definition) is 3. The number of ether oxygens (including phenoxy) is 1. The molecule has 1 aliphatic rings. The Morgan fingerprint density at radius 2 is 1.91 bits per heavy atom. The fourth-order valence-electron chi connectivity index (χ4n) is 2.65. The van der Waals surface area contributed by atoms with Crippen molar-refractivity contribution in [3.63, 3.8) is 0 Å². The molecule has 1 aliphatic heterocycles. The van der Waals surface area contributed by atoms with Crippen molar-refractivity contribution in [3.05, 3.63) is 30.3 Å². The molecule has 0 unspecified atom stereocenters. The summed E-state index contributed by atoms with van der Waals surface area (Å²) >= 11 is 0. The van der Waals surface area contributed by atoms with E-state index in [-0.39, 0.29) is 17.9 Å². The molecule has 0 radical (unpaired) electrons. The number of likely N-dealkylation sites (tertiary alicyclic amines) is 1. The van der Waals surface area contributed by atoms with Crippen LogP contribution in [0.2, 0.25) is 0 Å². The Balaban J connectivity index is 1.61. The molecular formula is C17H24N2O3. The molecule has 1 aromatic rings. The summed E-state index contributed by atoms with van der Waals surface area (Å²) in [4.78, 5) is 25.0. The van der Waals surface area contributed by atoms with Crippen molar-refractivity contribution >= 4 is 11.8 Å². The Kier molecular flexibility index (Phi) is 6.25. The largest absolute Gasteiger partial charge is 0.494 e. The third-order valence-electron chi connectivity index (χ3n) is 3.80. The maximum atomic E-state index is 12.1. The van der Waals surface area contributed by atoms with Gasteiger partial charge in [0.15, 0.2) is 0 Å². The van der Waals surface area contributed by atoms with Crippen LogP contribution in [0.3, 0.4) is 0 Å². The number of amides is 2. The zero-order valence-electron chi connectivity index (χ0n) is 13.1. The summed E-state index contributed by atoms with van der Waals surface area (Å²) in [5.74, 6) is 1.02. The maximum absolute atomic E-state index is 12.1. The van der Waals surface area contributed by atoms with Crippen LogP contribution in [0.5, 0.6) is 5.75 Å². The summed E-state index contributed by atoms with van der Waals surface area (Å²) in [6, 6.07) is 9.84. The maximum Gasteiger partial charge on any atom is 0.222 e. The van der Waals surface area contributed by atoms with Gasteiger partial charge in [-0.3, -0.25) is 9.59 Å². The molecule has 0 aromatic heterocycles. The molecule has 0 aliphatic carbocycles. The predicted octanol–water partition coefficient (Wildman–Crippen LogP) is 1.97. The van der Waals surface area contributed by atoms with Crippen LogP contribution in [-0.2, 0) is 9.59 Å². The van der Waals surface area contributed by atoms with Crippen LogP contribution in [0.1, 0.15) is 32.6 Å². The van der Waals surface area contributed by atoms with Gasteiger partial charge in [-0.25, -0.2) is 0 Å². The predicted molar refractivity (Wildman–Crippen MR) is 84.6 cm³/mol. The van der Waals surface area contributed by atoms with E-state index in [1.165, 1.54) is 6.92 Å². The topological polar surface area (TPSA) is 58.6 Å². The summed E-state index contributed by atoms with van der Waals surface area (Å²) in [6.45, 7) is 3.54. The van der Waals surface area contributed by atoms with Gasteiger partial charge in [-0.1, -0.05) is 18.2 Å². The van der Waals surface area contributed by atoms with Crippen molar-refractivity contribution in [3.8, 4) is 5.75 Å². The molecule has 120 valence electrons. The number of carbonyl (C=O) groups is 2. The Bertz CT molecular complexity index is 482. The minimum atomic E-state index is 0.00263. The molecule has 2 amide bonds. The number of nitrogens with one attached hydrogen (secondary N) is 1. The van der Waals surface area contributed by atoms with Crippen LogP contribution in [0, 0.1) is 0 Å². The Morgan fingerprint density at radius 3 is 2.55 bits per heavy atom. The van der Waals surface area contributed by atoms with Crippen molar-refractivity contribution in [2.75, 3.05) is 19.7 Å². The molecule has 0 spiro atoms. The summed E-state index contributed by atoms with van der Waals surface area (Å²) < 4.78 is 5.59. The van der Waals surface area contributed by atoms with Gasteiger partial charge in [0.05, 0.1) is 6.61 Å². The zero-order chi connectivity index (χ0) is 15.8. The molecule has 2 rings (SSSR count). The number of para-hydroxylation sites is 1. The first-order valence-corrected chi connectivity index (χ1v) is 7.88. The molecule has 1 aromatic carbocycles. The molecule has 22 heavy (non-hydrogen) atoms. The van der Waals surface area contributed by atoms with Crippen LogP contribution >= 0.6 is 0 Å². The minimum Gasteiger partial charge on any atom is -0.494 e. The standard InChI is InChI=1S/C17H24N2O3/c1-14(20)18-15-9-11-19(12-10-15)17(21)8-5-13-22-16-6-3-2-4-7-16/h2-4,6-7,15H,5,8-13H2,1H3,(H,18,20). The second-order valence-corrected chi connectivity index (χ2v) is 5.62. The van der Waals surface area contributed by atoms with Crippen molar-refractivity contribution in [1.82, 2.24) is 10.2 Å². The molecule has 5 nitrogen and oxygen atoms in total. The first-order chi connectivity index (χ1) is 10.6. The van der Waals surface area contributed by atoms with Gasteiger partial charge in [0.1, 0.15) is 5.75 Å². The Hall–Kier alpha value is -2.04. The lowest BCUT2D eigenvalue weighted by atomic mass is 10.0. The van der Waals surface area contributed by atoms with Crippen molar-refractivity contribution < 1.29 is 14.3 Å². The summed E-state index contributed by atoms with van der Waals surface area (Å²) in [6.07, 6.45) is 2.91. The highest BCUT2D eigenvalue weighted by atomic mass is 16.5. The lowest BCUT2D eigenvalue weighted by molar-refractivity contribution is -0.132. The van der Waals surface area contributed by atoms with Crippen LogP contribution in [0.25, 0.3) is 0 Å². The smallest absolute Gasteiger partial charge is 0.222 e. The number of hydrogen-bond donors (Lipinski definition) is 1. The van der Waals surface area contributed by atoms with Crippen LogP contribution in [0.15, 0.2) is 30.3 Å². The first kappa shape index (κ1) is 16.3. The van der Waals surface area contributed by atoms with Gasteiger partial charge in [-0.15, -0.1) is 0 Å². The van der Waals surface area contributed by atoms with Crippen molar-refractivity contribution in [1.29, 1.82) is 0 Å². The number of nitrogens with zero attached hydrogens (tertiary/aromatic N) is 1. The second kappa shape index (κ2) is 8.41. The van der Waals surface area contributed by atoms with Crippen LogP contribution in [0.4, 0.5) is 0 Å². The Morgan fingerprint density at radius 1 is 1.23 bits per heavy atom. The van der Waals surface area contributed by atoms with E-state index in [2.05, 4.69) is 5.32 Å². The zero-order valence-corrected chi connectivity index (χ0v) is 13.1. The van der Waals surface area contributed by atoms with E-state index in [1.54, 1.807) is 0 Å². The number of rotatable bonds is 6. The van der Waals surface area contributed by atoms with Crippen LogP contribution < -0.4 is 10.1 Å². The highest BCUT2D eigenvalue weighted by Gasteiger charge is 2.22. The molecule has 0 saturated carbocycles. The SMILES string of the molecule is CC(=O)NC1CCN(C(=O)CCCOc2ccccc2)CC1. The van der Waals surface area contributed by atoms with E-state index in [0.717, 1.165) is 38.1 Å². The molecule has 0 bridgehead atoms. The fraction of sp³-hybridized carbons (Fsp3) is 0.529. The van der Waals surface area contributed by atoms with Crippen LogP contribution in [-0.4, -0.2) is 42.5 Å². The third-order valence-corrected chi connectivity index (χ3v) is 3.80. The molecule has 5 heteroatoms. The van der Waals surface area contributed by atoms with Gasteiger partial charge in [0, 0.05) is 32.5 Å². The lowest BCUT2D eigenvalue weighted by Gasteiger charge is -2.32. The third kappa shape index (κ3) is 5.39. The summed E-state index contributed by atoms with van der Waals surface area (Å²) in [5.41, 5.74) is 0. The molecular weight excluding hydrogens is 280 g/mol. The molecule has 1 fully saturated rings. The molecule has 0 atom stereocenters. The van der Waals surface area contributed by atoms with Crippen molar-refractivity contribution in [2.24, 2.45) is 0 Å².